The predicted octanol–water partition coefficient (Wildman–Crippen LogP) is 3.28. The maximum absolute atomic E-state index is 3.80. The van der Waals surface area contributed by atoms with E-state index < -0.39 is 0 Å². The highest BCUT2D eigenvalue weighted by Gasteiger charge is 2.55. The molecule has 2 aliphatic heterocycles. The highest BCUT2D eigenvalue weighted by molar-refractivity contribution is 5.07. The summed E-state index contributed by atoms with van der Waals surface area (Å²) in [4.78, 5) is 2.90. The topological polar surface area (TPSA) is 15.3 Å². The summed E-state index contributed by atoms with van der Waals surface area (Å²) < 4.78 is 0. The minimum absolute atomic E-state index is 0.711. The first-order chi connectivity index (χ1) is 10.2. The third-order valence-corrected chi connectivity index (χ3v) is 8.15. The Labute approximate surface area is 130 Å². The smallest absolute Gasteiger partial charge is 0.0235 e. The lowest BCUT2D eigenvalue weighted by atomic mass is 9.47. The highest BCUT2D eigenvalue weighted by Crippen LogP contribution is 2.62. The molecule has 21 heavy (non-hydrogen) atoms. The van der Waals surface area contributed by atoms with Crippen molar-refractivity contribution in [1.29, 1.82) is 0 Å². The van der Waals surface area contributed by atoms with Crippen LogP contribution in [0.3, 0.4) is 0 Å². The lowest BCUT2D eigenvalue weighted by Crippen LogP contribution is -2.55. The molecule has 6 fully saturated rings. The maximum atomic E-state index is 3.80. The van der Waals surface area contributed by atoms with E-state index in [4.69, 9.17) is 0 Å². The summed E-state index contributed by atoms with van der Waals surface area (Å²) in [5, 5.41) is 3.80. The van der Waals surface area contributed by atoms with E-state index in [2.05, 4.69) is 17.1 Å². The second-order valence-corrected chi connectivity index (χ2v) is 9.37. The number of hydrogen-bond acceptors (Lipinski definition) is 2. The fraction of sp³-hybridized carbons (Fsp3) is 1.00. The molecule has 0 aromatic carbocycles. The molecule has 0 aromatic rings. The molecule has 0 radical (unpaired) electrons. The van der Waals surface area contributed by atoms with Gasteiger partial charge in [0.05, 0.1) is 0 Å². The van der Waals surface area contributed by atoms with Crippen LogP contribution in [0.4, 0.5) is 0 Å². The average Bonchev–Trinajstić information content (AvgIpc) is 2.88. The Hall–Kier alpha value is -0.0800. The van der Waals surface area contributed by atoms with E-state index in [-0.39, 0.29) is 0 Å². The molecule has 3 atom stereocenters. The van der Waals surface area contributed by atoms with Crippen LogP contribution in [-0.2, 0) is 0 Å². The van der Waals surface area contributed by atoms with E-state index in [1.807, 2.05) is 0 Å². The number of piperidine rings is 1. The number of likely N-dealkylation sites (tertiary alicyclic amines) is 1. The van der Waals surface area contributed by atoms with E-state index in [1.165, 1.54) is 32.5 Å². The number of fused-ring (bicyclic) bond motifs is 1. The Balaban J connectivity index is 1.35. The molecule has 0 spiro atoms. The first kappa shape index (κ1) is 13.4. The second-order valence-electron chi connectivity index (χ2n) is 9.37. The van der Waals surface area contributed by atoms with Gasteiger partial charge in [0.15, 0.2) is 0 Å². The molecule has 0 amide bonds. The van der Waals surface area contributed by atoms with E-state index in [9.17, 15) is 0 Å². The molecule has 0 aromatic heterocycles. The largest absolute Gasteiger partial charge is 0.312 e. The molecule has 2 saturated heterocycles. The van der Waals surface area contributed by atoms with Crippen molar-refractivity contribution in [2.45, 2.75) is 70.4 Å². The molecule has 6 aliphatic rings. The summed E-state index contributed by atoms with van der Waals surface area (Å²) in [6.45, 7) is 6.60. The average molecular weight is 288 g/mol. The van der Waals surface area contributed by atoms with Crippen molar-refractivity contribution in [3.63, 3.8) is 0 Å². The van der Waals surface area contributed by atoms with E-state index in [0.29, 0.717) is 5.41 Å². The molecule has 4 bridgehead atoms. The third-order valence-electron chi connectivity index (χ3n) is 8.15. The summed E-state index contributed by atoms with van der Waals surface area (Å²) in [5.41, 5.74) is 0.711. The summed E-state index contributed by atoms with van der Waals surface area (Å²) >= 11 is 0. The number of nitrogens with one attached hydrogen (secondary N) is 1. The maximum Gasteiger partial charge on any atom is 0.0235 e. The van der Waals surface area contributed by atoms with Crippen LogP contribution in [0.5, 0.6) is 0 Å². The summed E-state index contributed by atoms with van der Waals surface area (Å²) in [5.74, 6) is 4.25. The molecule has 2 heterocycles. The lowest BCUT2D eigenvalue weighted by Gasteiger charge is -2.60. The monoisotopic (exact) mass is 288 g/mol. The zero-order valence-corrected chi connectivity index (χ0v) is 13.7. The SMILES string of the molecule is CC(N1C[C@@H]2CCCN[C@@H]2C1)C12CC3CC(CC(C3)C1)C2. The van der Waals surface area contributed by atoms with Gasteiger partial charge in [-0.25, -0.2) is 0 Å². The van der Waals surface area contributed by atoms with Crippen molar-refractivity contribution in [2.75, 3.05) is 19.6 Å². The van der Waals surface area contributed by atoms with E-state index in [1.54, 1.807) is 38.5 Å². The van der Waals surface area contributed by atoms with Crippen LogP contribution in [0.15, 0.2) is 0 Å². The van der Waals surface area contributed by atoms with Crippen LogP contribution in [0.25, 0.3) is 0 Å². The van der Waals surface area contributed by atoms with Crippen LogP contribution in [-0.4, -0.2) is 36.6 Å². The Morgan fingerprint density at radius 2 is 1.67 bits per heavy atom. The van der Waals surface area contributed by atoms with Crippen LogP contribution in [0.2, 0.25) is 0 Å². The molecule has 1 unspecified atom stereocenters. The molecule has 4 saturated carbocycles. The minimum atomic E-state index is 0.711. The Morgan fingerprint density at radius 3 is 2.29 bits per heavy atom. The summed E-state index contributed by atoms with van der Waals surface area (Å²) in [6, 6.07) is 1.66. The fourth-order valence-electron chi connectivity index (χ4n) is 7.47. The van der Waals surface area contributed by atoms with Gasteiger partial charge in [0, 0.05) is 25.2 Å². The number of nitrogens with zero attached hydrogens (tertiary/aromatic N) is 1. The van der Waals surface area contributed by atoms with Crippen molar-refractivity contribution in [3.8, 4) is 0 Å². The van der Waals surface area contributed by atoms with Crippen LogP contribution >= 0.6 is 0 Å². The second kappa shape index (κ2) is 4.71. The third kappa shape index (κ3) is 2.05. The van der Waals surface area contributed by atoms with Crippen molar-refractivity contribution in [3.05, 3.63) is 0 Å². The quantitative estimate of drug-likeness (QED) is 0.839. The van der Waals surface area contributed by atoms with Gasteiger partial charge in [-0.3, -0.25) is 4.90 Å². The standard InChI is InChI=1S/C19H32N2/c1-13(21-11-17-3-2-4-20-18(17)12-21)19-8-14-5-15(9-19)7-16(6-14)10-19/h13-18,20H,2-12H2,1H3/t13?,14?,15?,16?,17-,18+,19?/m0/s1. The van der Waals surface area contributed by atoms with Gasteiger partial charge in [-0.1, -0.05) is 0 Å². The number of rotatable bonds is 2. The van der Waals surface area contributed by atoms with Crippen LogP contribution < -0.4 is 5.32 Å². The van der Waals surface area contributed by atoms with E-state index in [0.717, 1.165) is 35.8 Å². The van der Waals surface area contributed by atoms with Gasteiger partial charge in [-0.15, -0.1) is 0 Å². The first-order valence-corrected chi connectivity index (χ1v) is 9.69. The van der Waals surface area contributed by atoms with Crippen LogP contribution in [0.1, 0.15) is 58.3 Å². The van der Waals surface area contributed by atoms with Crippen molar-refractivity contribution in [1.82, 2.24) is 10.2 Å². The van der Waals surface area contributed by atoms with Gasteiger partial charge in [0.1, 0.15) is 0 Å². The molecular formula is C19H32N2. The zero-order valence-electron chi connectivity index (χ0n) is 13.7. The molecule has 6 rings (SSSR count). The molecule has 1 N–H and O–H groups in total. The Kier molecular flexibility index (Phi) is 3.00. The summed E-state index contributed by atoms with van der Waals surface area (Å²) in [7, 11) is 0. The van der Waals surface area contributed by atoms with Gasteiger partial charge in [-0.05, 0) is 93.9 Å². The Morgan fingerprint density at radius 1 is 1.00 bits per heavy atom. The van der Waals surface area contributed by atoms with Gasteiger partial charge in [0.25, 0.3) is 0 Å². The Bertz CT molecular complexity index is 369. The lowest BCUT2D eigenvalue weighted by molar-refractivity contribution is -0.0936. The van der Waals surface area contributed by atoms with Crippen LogP contribution in [0, 0.1) is 29.1 Å². The number of hydrogen-bond donors (Lipinski definition) is 1. The normalized spacial score (nSPS) is 53.9. The van der Waals surface area contributed by atoms with Gasteiger partial charge in [-0.2, -0.15) is 0 Å². The van der Waals surface area contributed by atoms with Gasteiger partial charge in [0.2, 0.25) is 0 Å². The first-order valence-electron chi connectivity index (χ1n) is 9.69. The van der Waals surface area contributed by atoms with Crippen molar-refractivity contribution >= 4 is 0 Å². The summed E-state index contributed by atoms with van der Waals surface area (Å²) in [6.07, 6.45) is 12.3. The van der Waals surface area contributed by atoms with Crippen molar-refractivity contribution in [2.24, 2.45) is 29.1 Å². The molecule has 2 heteroatoms. The highest BCUT2D eigenvalue weighted by atomic mass is 15.2. The minimum Gasteiger partial charge on any atom is -0.312 e. The predicted molar refractivity (Wildman–Crippen MR) is 86.2 cm³/mol. The molecule has 2 nitrogen and oxygen atoms in total. The molecule has 118 valence electrons. The molecule has 4 aliphatic carbocycles. The van der Waals surface area contributed by atoms with Crippen molar-refractivity contribution < 1.29 is 0 Å². The van der Waals surface area contributed by atoms with Gasteiger partial charge >= 0.3 is 0 Å². The zero-order chi connectivity index (χ0) is 14.0. The van der Waals surface area contributed by atoms with Gasteiger partial charge < -0.3 is 5.32 Å². The van der Waals surface area contributed by atoms with E-state index >= 15 is 0 Å². The fourth-order valence-corrected chi connectivity index (χ4v) is 7.47. The molecular weight excluding hydrogens is 256 g/mol.